The zero-order valence-electron chi connectivity index (χ0n) is 11.8. The van der Waals surface area contributed by atoms with Crippen molar-refractivity contribution in [2.75, 3.05) is 7.11 Å². The first-order valence-electron chi connectivity index (χ1n) is 6.70. The van der Waals surface area contributed by atoms with Crippen molar-refractivity contribution in [2.45, 2.75) is 20.3 Å². The van der Waals surface area contributed by atoms with E-state index in [1.807, 2.05) is 6.20 Å². The average molecular weight is 333 g/mol. The van der Waals surface area contributed by atoms with Crippen LogP contribution < -0.4 is 4.74 Å². The summed E-state index contributed by atoms with van der Waals surface area (Å²) in [5.74, 6) is 1.18. The third-order valence-electron chi connectivity index (χ3n) is 3.73. The highest BCUT2D eigenvalue weighted by molar-refractivity contribution is 9.10. The Labute approximate surface area is 126 Å². The molecule has 0 amide bonds. The minimum atomic E-state index is 0.580. The lowest BCUT2D eigenvalue weighted by molar-refractivity contribution is 0.396. The summed E-state index contributed by atoms with van der Waals surface area (Å²) in [5.41, 5.74) is 4.77. The van der Waals surface area contributed by atoms with Crippen LogP contribution in [0.4, 0.5) is 0 Å². The highest BCUT2D eigenvalue weighted by Gasteiger charge is 2.16. The highest BCUT2D eigenvalue weighted by atomic mass is 79.9. The molecule has 1 aliphatic carbocycles. The fraction of sp³-hybridized carbons (Fsp3) is 0.312. The maximum Gasteiger partial charge on any atom is 0.229 e. The Balaban J connectivity index is 2.14. The molecule has 0 bridgehead atoms. The molecular formula is C16H17BrN2O. The van der Waals surface area contributed by atoms with Crippen molar-refractivity contribution < 1.29 is 4.74 Å². The van der Waals surface area contributed by atoms with Crippen molar-refractivity contribution in [1.29, 1.82) is 0 Å². The van der Waals surface area contributed by atoms with Crippen LogP contribution in [0.5, 0.6) is 5.88 Å². The minimum absolute atomic E-state index is 0.580. The van der Waals surface area contributed by atoms with E-state index < -0.39 is 0 Å². The molecule has 3 rings (SSSR count). The van der Waals surface area contributed by atoms with Gasteiger partial charge in [0.05, 0.1) is 12.6 Å². The van der Waals surface area contributed by atoms with Crippen LogP contribution in [0.25, 0.3) is 16.5 Å². The second-order valence-corrected chi connectivity index (χ2v) is 6.07. The number of methoxy groups -OCH3 is 1. The predicted molar refractivity (Wildman–Crippen MR) is 85.9 cm³/mol. The second-order valence-electron chi connectivity index (χ2n) is 5.28. The van der Waals surface area contributed by atoms with E-state index in [4.69, 9.17) is 4.74 Å². The SMILES string of the molecule is COc1ncc2cc(C3=CC(C)CC=C3C)[nH]c2c1Br. The summed E-state index contributed by atoms with van der Waals surface area (Å²) < 4.78 is 6.11. The number of aromatic amines is 1. The van der Waals surface area contributed by atoms with Gasteiger partial charge in [-0.1, -0.05) is 19.1 Å². The summed E-state index contributed by atoms with van der Waals surface area (Å²) in [6.45, 7) is 4.41. The molecule has 0 saturated heterocycles. The molecule has 0 spiro atoms. The fourth-order valence-electron chi connectivity index (χ4n) is 2.59. The van der Waals surface area contributed by atoms with E-state index in [0.717, 1.165) is 27.5 Å². The van der Waals surface area contributed by atoms with Gasteiger partial charge < -0.3 is 9.72 Å². The van der Waals surface area contributed by atoms with Gasteiger partial charge >= 0.3 is 0 Å². The van der Waals surface area contributed by atoms with Gasteiger partial charge in [-0.3, -0.25) is 0 Å². The Bertz CT molecular complexity index is 727. The Kier molecular flexibility index (Phi) is 3.42. The van der Waals surface area contributed by atoms with Crippen molar-refractivity contribution in [2.24, 2.45) is 5.92 Å². The van der Waals surface area contributed by atoms with E-state index in [1.165, 1.54) is 11.1 Å². The minimum Gasteiger partial charge on any atom is -0.480 e. The number of allylic oxidation sites excluding steroid dienone is 4. The molecule has 1 unspecified atom stereocenters. The molecule has 4 heteroatoms. The van der Waals surface area contributed by atoms with E-state index in [2.05, 4.69) is 58.0 Å². The summed E-state index contributed by atoms with van der Waals surface area (Å²) in [6, 6.07) is 2.15. The molecule has 1 N–H and O–H groups in total. The maximum absolute atomic E-state index is 5.24. The van der Waals surface area contributed by atoms with Crippen molar-refractivity contribution in [3.63, 3.8) is 0 Å². The average Bonchev–Trinajstić information content (AvgIpc) is 2.87. The molecular weight excluding hydrogens is 316 g/mol. The van der Waals surface area contributed by atoms with Gasteiger partial charge in [0.15, 0.2) is 0 Å². The summed E-state index contributed by atoms with van der Waals surface area (Å²) in [7, 11) is 1.63. The van der Waals surface area contributed by atoms with E-state index in [0.29, 0.717) is 11.8 Å². The van der Waals surface area contributed by atoms with E-state index in [1.54, 1.807) is 7.11 Å². The number of hydrogen-bond donors (Lipinski definition) is 1. The van der Waals surface area contributed by atoms with Crippen LogP contribution >= 0.6 is 15.9 Å². The van der Waals surface area contributed by atoms with Gasteiger partial charge in [-0.25, -0.2) is 4.98 Å². The van der Waals surface area contributed by atoms with Gasteiger partial charge in [-0.15, -0.1) is 0 Å². The monoisotopic (exact) mass is 332 g/mol. The third kappa shape index (κ3) is 2.18. The Morgan fingerprint density at radius 3 is 3.00 bits per heavy atom. The molecule has 3 nitrogen and oxygen atoms in total. The summed E-state index contributed by atoms with van der Waals surface area (Å²) >= 11 is 3.55. The molecule has 0 radical (unpaired) electrons. The molecule has 2 heterocycles. The number of fused-ring (bicyclic) bond motifs is 1. The summed E-state index contributed by atoms with van der Waals surface area (Å²) in [6.07, 6.45) is 7.59. The fourth-order valence-corrected chi connectivity index (χ4v) is 3.18. The normalized spacial score (nSPS) is 18.9. The van der Waals surface area contributed by atoms with Crippen LogP contribution in [0.15, 0.2) is 34.5 Å². The molecule has 0 aliphatic heterocycles. The number of ether oxygens (including phenoxy) is 1. The van der Waals surface area contributed by atoms with E-state index >= 15 is 0 Å². The van der Waals surface area contributed by atoms with Gasteiger partial charge in [0.1, 0.15) is 4.47 Å². The number of hydrogen-bond acceptors (Lipinski definition) is 2. The molecule has 2 aromatic heterocycles. The zero-order chi connectivity index (χ0) is 14.3. The molecule has 2 aromatic rings. The van der Waals surface area contributed by atoms with Crippen LogP contribution in [0, 0.1) is 5.92 Å². The first-order chi connectivity index (χ1) is 9.60. The predicted octanol–water partition coefficient (Wildman–Crippen LogP) is 4.70. The largest absolute Gasteiger partial charge is 0.480 e. The van der Waals surface area contributed by atoms with E-state index in [9.17, 15) is 0 Å². The van der Waals surface area contributed by atoms with Gasteiger partial charge in [0.2, 0.25) is 5.88 Å². The summed E-state index contributed by atoms with van der Waals surface area (Å²) in [5, 5.41) is 1.08. The second kappa shape index (κ2) is 5.09. The molecule has 0 aromatic carbocycles. The van der Waals surface area contributed by atoms with Crippen molar-refractivity contribution in [3.05, 3.63) is 40.2 Å². The van der Waals surface area contributed by atoms with Crippen LogP contribution in [-0.4, -0.2) is 17.1 Å². The molecule has 20 heavy (non-hydrogen) atoms. The van der Waals surface area contributed by atoms with Gasteiger partial charge in [-0.2, -0.15) is 0 Å². The number of halogens is 1. The standard InChI is InChI=1S/C16H17BrN2O/c1-9-4-5-10(2)12(6-9)13-7-11-8-18-16(20-3)14(17)15(11)19-13/h5-9,19H,4H2,1-3H3. The molecule has 1 aliphatic rings. The smallest absolute Gasteiger partial charge is 0.229 e. The van der Waals surface area contributed by atoms with Crippen LogP contribution in [0.1, 0.15) is 26.0 Å². The lowest BCUT2D eigenvalue weighted by Gasteiger charge is -2.16. The van der Waals surface area contributed by atoms with Gasteiger partial charge in [0, 0.05) is 17.3 Å². The Hall–Kier alpha value is -1.55. The number of pyridine rings is 1. The zero-order valence-corrected chi connectivity index (χ0v) is 13.4. The quantitative estimate of drug-likeness (QED) is 0.865. The van der Waals surface area contributed by atoms with Crippen LogP contribution in [0.3, 0.4) is 0 Å². The van der Waals surface area contributed by atoms with Crippen LogP contribution in [-0.2, 0) is 0 Å². The van der Waals surface area contributed by atoms with Crippen LogP contribution in [0.2, 0.25) is 0 Å². The Morgan fingerprint density at radius 2 is 2.25 bits per heavy atom. The van der Waals surface area contributed by atoms with Crippen molar-refractivity contribution >= 4 is 32.4 Å². The first-order valence-corrected chi connectivity index (χ1v) is 7.50. The molecule has 1 atom stereocenters. The number of nitrogens with one attached hydrogen (secondary N) is 1. The maximum atomic E-state index is 5.24. The number of H-pyrrole nitrogens is 1. The van der Waals surface area contributed by atoms with Crippen molar-refractivity contribution in [1.82, 2.24) is 9.97 Å². The van der Waals surface area contributed by atoms with Gasteiger partial charge in [0.25, 0.3) is 0 Å². The number of aromatic nitrogens is 2. The molecule has 104 valence electrons. The van der Waals surface area contributed by atoms with Gasteiger partial charge in [-0.05, 0) is 52.4 Å². The lowest BCUT2D eigenvalue weighted by Crippen LogP contribution is -1.99. The highest BCUT2D eigenvalue weighted by Crippen LogP contribution is 2.35. The molecule has 0 fully saturated rings. The summed E-state index contributed by atoms with van der Waals surface area (Å²) in [4.78, 5) is 7.78. The number of nitrogens with zero attached hydrogens (tertiary/aromatic N) is 1. The third-order valence-corrected chi connectivity index (χ3v) is 4.47. The number of rotatable bonds is 2. The first kappa shape index (κ1) is 13.4. The van der Waals surface area contributed by atoms with E-state index in [-0.39, 0.29) is 0 Å². The Morgan fingerprint density at radius 1 is 1.45 bits per heavy atom. The topological polar surface area (TPSA) is 37.9 Å². The lowest BCUT2D eigenvalue weighted by atomic mass is 9.91. The molecule has 0 saturated carbocycles. The van der Waals surface area contributed by atoms with Crippen molar-refractivity contribution in [3.8, 4) is 5.88 Å².